The molecular formula is C10H9NO4. The molecule has 2 aromatic rings. The molecule has 0 aliphatic carbocycles. The summed E-state index contributed by atoms with van der Waals surface area (Å²) in [4.78, 5) is 10.5. The third kappa shape index (κ3) is 1.76. The molecule has 5 heteroatoms. The van der Waals surface area contributed by atoms with Gasteiger partial charge in [0.15, 0.2) is 5.76 Å². The van der Waals surface area contributed by atoms with Crippen LogP contribution >= 0.6 is 0 Å². The summed E-state index contributed by atoms with van der Waals surface area (Å²) in [6.07, 6.45) is -0.164. The normalized spacial score (nSPS) is 10.5. The van der Waals surface area contributed by atoms with Crippen LogP contribution in [0.15, 0.2) is 22.7 Å². The van der Waals surface area contributed by atoms with E-state index < -0.39 is 5.97 Å². The minimum Gasteiger partial charge on any atom is -0.497 e. The summed E-state index contributed by atoms with van der Waals surface area (Å²) in [7, 11) is 1.55. The number of nitrogens with zero attached hydrogens (tertiary/aromatic N) is 1. The average Bonchev–Trinajstić information content (AvgIpc) is 2.60. The van der Waals surface area contributed by atoms with E-state index in [1.807, 2.05) is 0 Å². The molecule has 0 unspecified atom stereocenters. The highest BCUT2D eigenvalue weighted by Crippen LogP contribution is 2.23. The van der Waals surface area contributed by atoms with Crippen LogP contribution in [0.25, 0.3) is 10.9 Å². The maximum Gasteiger partial charge on any atom is 0.311 e. The smallest absolute Gasteiger partial charge is 0.311 e. The minimum absolute atomic E-state index is 0.164. The summed E-state index contributed by atoms with van der Waals surface area (Å²) in [6, 6.07) is 5.18. The van der Waals surface area contributed by atoms with Crippen LogP contribution in [0.1, 0.15) is 5.76 Å². The second-order valence-corrected chi connectivity index (χ2v) is 3.06. The van der Waals surface area contributed by atoms with E-state index in [4.69, 9.17) is 14.4 Å². The first-order valence-corrected chi connectivity index (χ1v) is 4.35. The number of carboxylic acids is 1. The molecule has 0 aliphatic rings. The number of aliphatic carboxylic acids is 1. The summed E-state index contributed by atoms with van der Waals surface area (Å²) in [5.41, 5.74) is 0.602. The van der Waals surface area contributed by atoms with E-state index in [2.05, 4.69) is 5.16 Å². The van der Waals surface area contributed by atoms with E-state index >= 15 is 0 Å². The average molecular weight is 207 g/mol. The van der Waals surface area contributed by atoms with Crippen molar-refractivity contribution in [3.8, 4) is 5.75 Å². The third-order valence-electron chi connectivity index (χ3n) is 2.07. The van der Waals surface area contributed by atoms with Crippen LogP contribution in [0.5, 0.6) is 5.75 Å². The Morgan fingerprint density at radius 1 is 1.60 bits per heavy atom. The fourth-order valence-corrected chi connectivity index (χ4v) is 1.37. The fourth-order valence-electron chi connectivity index (χ4n) is 1.37. The summed E-state index contributed by atoms with van der Waals surface area (Å²) >= 11 is 0. The van der Waals surface area contributed by atoms with Gasteiger partial charge < -0.3 is 14.4 Å². The van der Waals surface area contributed by atoms with Gasteiger partial charge in [0, 0.05) is 11.5 Å². The maximum atomic E-state index is 10.5. The van der Waals surface area contributed by atoms with Crippen molar-refractivity contribution < 1.29 is 19.2 Å². The Morgan fingerprint density at radius 3 is 3.07 bits per heavy atom. The zero-order chi connectivity index (χ0) is 10.8. The molecule has 2 rings (SSSR count). The Morgan fingerprint density at radius 2 is 2.40 bits per heavy atom. The molecule has 0 saturated heterocycles. The Labute approximate surface area is 85.2 Å². The van der Waals surface area contributed by atoms with Gasteiger partial charge in [-0.25, -0.2) is 0 Å². The van der Waals surface area contributed by atoms with Gasteiger partial charge in [0.25, 0.3) is 0 Å². The lowest BCUT2D eigenvalue weighted by Gasteiger charge is -1.97. The lowest BCUT2D eigenvalue weighted by Crippen LogP contribution is -1.98. The number of fused-ring (bicyclic) bond motifs is 1. The van der Waals surface area contributed by atoms with Crippen molar-refractivity contribution in [1.29, 1.82) is 0 Å². The predicted octanol–water partition coefficient (Wildman–Crippen LogP) is 1.46. The lowest BCUT2D eigenvalue weighted by molar-refractivity contribution is -0.136. The highest BCUT2D eigenvalue weighted by molar-refractivity contribution is 5.85. The van der Waals surface area contributed by atoms with Crippen molar-refractivity contribution in [1.82, 2.24) is 5.16 Å². The standard InChI is InChI=1S/C10H9NO4/c1-14-6-2-3-7-8(4-6)11-15-9(7)5-10(12)13/h2-4H,5H2,1H3,(H,12,13). The number of hydrogen-bond acceptors (Lipinski definition) is 4. The summed E-state index contributed by atoms with van der Waals surface area (Å²) in [5.74, 6) is 0.0849. The largest absolute Gasteiger partial charge is 0.497 e. The number of hydrogen-bond donors (Lipinski definition) is 1. The van der Waals surface area contributed by atoms with E-state index in [9.17, 15) is 4.79 Å². The summed E-state index contributed by atoms with van der Waals surface area (Å²) in [5, 5.41) is 13.1. The van der Waals surface area contributed by atoms with Crippen LogP contribution in [0.2, 0.25) is 0 Å². The first-order chi connectivity index (χ1) is 7.20. The Bertz CT molecular complexity index is 503. The molecule has 0 radical (unpaired) electrons. The van der Waals surface area contributed by atoms with Crippen LogP contribution in [-0.4, -0.2) is 23.3 Å². The van der Waals surface area contributed by atoms with Gasteiger partial charge >= 0.3 is 5.97 Å². The monoisotopic (exact) mass is 207 g/mol. The Balaban J connectivity index is 2.47. The van der Waals surface area contributed by atoms with Gasteiger partial charge in [0.1, 0.15) is 17.7 Å². The number of benzene rings is 1. The number of ether oxygens (including phenoxy) is 1. The number of methoxy groups -OCH3 is 1. The maximum absolute atomic E-state index is 10.5. The summed E-state index contributed by atoms with van der Waals surface area (Å²) < 4.78 is 9.95. The number of carboxylic acid groups (broad SMARTS) is 1. The highest BCUT2D eigenvalue weighted by atomic mass is 16.5. The van der Waals surface area contributed by atoms with Gasteiger partial charge in [-0.15, -0.1) is 0 Å². The first-order valence-electron chi connectivity index (χ1n) is 4.35. The van der Waals surface area contributed by atoms with Gasteiger partial charge in [0.2, 0.25) is 0 Å². The quantitative estimate of drug-likeness (QED) is 0.824. The van der Waals surface area contributed by atoms with Crippen molar-refractivity contribution in [2.45, 2.75) is 6.42 Å². The molecule has 0 saturated carbocycles. The number of aromatic nitrogens is 1. The molecule has 0 atom stereocenters. The summed E-state index contributed by atoms with van der Waals surface area (Å²) in [6.45, 7) is 0. The third-order valence-corrected chi connectivity index (χ3v) is 2.07. The van der Waals surface area contributed by atoms with Crippen LogP contribution in [0.3, 0.4) is 0 Å². The molecule has 5 nitrogen and oxygen atoms in total. The van der Waals surface area contributed by atoms with E-state index in [0.29, 0.717) is 22.4 Å². The molecule has 1 N–H and O–H groups in total. The molecular weight excluding hydrogens is 198 g/mol. The van der Waals surface area contributed by atoms with Gasteiger partial charge in [-0.2, -0.15) is 0 Å². The Hall–Kier alpha value is -2.04. The molecule has 0 amide bonds. The second-order valence-electron chi connectivity index (χ2n) is 3.06. The van der Waals surface area contributed by atoms with Crippen LogP contribution < -0.4 is 4.74 Å². The molecule has 78 valence electrons. The molecule has 1 heterocycles. The molecule has 0 spiro atoms. The van der Waals surface area contributed by atoms with E-state index in [1.165, 1.54) is 0 Å². The lowest BCUT2D eigenvalue weighted by atomic mass is 10.2. The van der Waals surface area contributed by atoms with E-state index in [1.54, 1.807) is 25.3 Å². The van der Waals surface area contributed by atoms with Gasteiger partial charge in [0.05, 0.1) is 7.11 Å². The fraction of sp³-hybridized carbons (Fsp3) is 0.200. The minimum atomic E-state index is -0.941. The zero-order valence-corrected chi connectivity index (χ0v) is 8.06. The molecule has 0 bridgehead atoms. The van der Waals surface area contributed by atoms with Gasteiger partial charge in [-0.05, 0) is 12.1 Å². The van der Waals surface area contributed by atoms with E-state index in [0.717, 1.165) is 0 Å². The van der Waals surface area contributed by atoms with Crippen LogP contribution in [0.4, 0.5) is 0 Å². The topological polar surface area (TPSA) is 72.6 Å². The number of rotatable bonds is 3. The van der Waals surface area contributed by atoms with Crippen molar-refractivity contribution in [3.63, 3.8) is 0 Å². The van der Waals surface area contributed by atoms with Crippen molar-refractivity contribution in [2.24, 2.45) is 0 Å². The molecule has 1 aromatic heterocycles. The van der Waals surface area contributed by atoms with Crippen LogP contribution in [0, 0.1) is 0 Å². The van der Waals surface area contributed by atoms with E-state index in [-0.39, 0.29) is 6.42 Å². The SMILES string of the molecule is COc1ccc2c(CC(=O)O)onc2c1. The van der Waals surface area contributed by atoms with Crippen LogP contribution in [-0.2, 0) is 11.2 Å². The molecule has 0 aliphatic heterocycles. The Kier molecular flexibility index (Phi) is 2.29. The predicted molar refractivity (Wildman–Crippen MR) is 51.9 cm³/mol. The van der Waals surface area contributed by atoms with Crippen molar-refractivity contribution in [3.05, 3.63) is 24.0 Å². The second kappa shape index (κ2) is 3.61. The van der Waals surface area contributed by atoms with Gasteiger partial charge in [-0.1, -0.05) is 5.16 Å². The van der Waals surface area contributed by atoms with Crippen molar-refractivity contribution >= 4 is 16.9 Å². The molecule has 1 aromatic carbocycles. The highest BCUT2D eigenvalue weighted by Gasteiger charge is 2.12. The van der Waals surface area contributed by atoms with Gasteiger partial charge in [-0.3, -0.25) is 4.79 Å². The number of carbonyl (C=O) groups is 1. The molecule has 0 fully saturated rings. The zero-order valence-electron chi connectivity index (χ0n) is 8.06. The van der Waals surface area contributed by atoms with Crippen molar-refractivity contribution in [2.75, 3.05) is 7.11 Å². The first kappa shape index (κ1) is 9.51. The molecule has 15 heavy (non-hydrogen) atoms.